The molecule has 2 nitrogen and oxygen atoms in total. The van der Waals surface area contributed by atoms with Crippen LogP contribution in [0.5, 0.6) is 0 Å². The molecule has 0 bridgehead atoms. The van der Waals surface area contributed by atoms with Crippen molar-refractivity contribution in [3.8, 4) is 0 Å². The van der Waals surface area contributed by atoms with Crippen molar-refractivity contribution in [2.24, 2.45) is 0 Å². The number of halogens is 5. The van der Waals surface area contributed by atoms with Gasteiger partial charge in [0.05, 0.1) is 10.6 Å². The Morgan fingerprint density at radius 3 is 2.48 bits per heavy atom. The van der Waals surface area contributed by atoms with Crippen LogP contribution in [0.3, 0.4) is 0 Å². The van der Waals surface area contributed by atoms with E-state index in [-0.39, 0.29) is 16.3 Å². The first-order valence-electron chi connectivity index (χ1n) is 6.37. The molecule has 0 amide bonds. The van der Waals surface area contributed by atoms with Crippen molar-refractivity contribution in [3.63, 3.8) is 0 Å². The number of allylic oxidation sites excluding steroid dienone is 1. The third-order valence-corrected chi connectivity index (χ3v) is 3.42. The highest BCUT2D eigenvalue weighted by atomic mass is 35.5. The van der Waals surface area contributed by atoms with E-state index < -0.39 is 17.5 Å². The van der Waals surface area contributed by atoms with Crippen LogP contribution in [0.4, 0.5) is 18.9 Å². The molecule has 1 N–H and O–H groups in total. The normalized spacial score (nSPS) is 11.7. The minimum absolute atomic E-state index is 0.200. The quantitative estimate of drug-likeness (QED) is 0.550. The van der Waals surface area contributed by atoms with E-state index in [1.807, 2.05) is 0 Å². The van der Waals surface area contributed by atoms with Crippen molar-refractivity contribution < 1.29 is 18.0 Å². The molecule has 0 saturated heterocycles. The Labute approximate surface area is 140 Å². The van der Waals surface area contributed by atoms with Crippen molar-refractivity contribution in [2.75, 3.05) is 5.32 Å². The lowest BCUT2D eigenvalue weighted by molar-refractivity contribution is -0.137. The fourth-order valence-corrected chi connectivity index (χ4v) is 2.28. The number of carbonyl (C=O) groups excluding carboxylic acids is 1. The number of carbonyl (C=O) groups is 1. The lowest BCUT2D eigenvalue weighted by Crippen LogP contribution is -2.05. The predicted molar refractivity (Wildman–Crippen MR) is 85.0 cm³/mol. The van der Waals surface area contributed by atoms with E-state index in [2.05, 4.69) is 5.32 Å². The molecule has 23 heavy (non-hydrogen) atoms. The van der Waals surface area contributed by atoms with E-state index >= 15 is 0 Å². The molecule has 0 fully saturated rings. The van der Waals surface area contributed by atoms with Gasteiger partial charge in [0.1, 0.15) is 0 Å². The highest BCUT2D eigenvalue weighted by Gasteiger charge is 2.30. The molecule has 0 aliphatic carbocycles. The molecule has 2 aromatic rings. The molecule has 0 heterocycles. The molecular formula is C16H10Cl2F3NO. The summed E-state index contributed by atoms with van der Waals surface area (Å²) in [7, 11) is 0. The Balaban J connectivity index is 2.08. The van der Waals surface area contributed by atoms with Gasteiger partial charge in [-0.1, -0.05) is 29.3 Å². The van der Waals surface area contributed by atoms with Crippen LogP contribution in [-0.4, -0.2) is 5.78 Å². The van der Waals surface area contributed by atoms with Gasteiger partial charge >= 0.3 is 6.18 Å². The Bertz CT molecular complexity index is 757. The fraction of sp³-hybridized carbons (Fsp3) is 0.0625. The first-order chi connectivity index (χ1) is 10.8. The lowest BCUT2D eigenvalue weighted by Gasteiger charge is -2.08. The third-order valence-electron chi connectivity index (χ3n) is 2.87. The second-order valence-corrected chi connectivity index (χ2v) is 5.39. The van der Waals surface area contributed by atoms with Crippen LogP contribution < -0.4 is 5.32 Å². The molecule has 0 atom stereocenters. The van der Waals surface area contributed by atoms with Crippen molar-refractivity contribution in [1.82, 2.24) is 0 Å². The maximum absolute atomic E-state index is 12.6. The van der Waals surface area contributed by atoms with Gasteiger partial charge in [0, 0.05) is 28.5 Å². The molecular weight excluding hydrogens is 350 g/mol. The number of alkyl halides is 3. The van der Waals surface area contributed by atoms with Gasteiger partial charge < -0.3 is 5.32 Å². The van der Waals surface area contributed by atoms with Gasteiger partial charge in [-0.05, 0) is 36.4 Å². The van der Waals surface area contributed by atoms with E-state index in [9.17, 15) is 18.0 Å². The average Bonchev–Trinajstić information content (AvgIpc) is 2.46. The van der Waals surface area contributed by atoms with Crippen LogP contribution in [-0.2, 0) is 6.18 Å². The third kappa shape index (κ3) is 4.74. The maximum atomic E-state index is 12.6. The van der Waals surface area contributed by atoms with E-state index in [1.165, 1.54) is 42.6 Å². The summed E-state index contributed by atoms with van der Waals surface area (Å²) in [5.74, 6) is -0.397. The first-order valence-corrected chi connectivity index (χ1v) is 7.13. The van der Waals surface area contributed by atoms with Crippen LogP contribution in [0.1, 0.15) is 15.9 Å². The second kappa shape index (κ2) is 7.06. The van der Waals surface area contributed by atoms with Crippen molar-refractivity contribution in [2.45, 2.75) is 6.18 Å². The monoisotopic (exact) mass is 359 g/mol. The van der Waals surface area contributed by atoms with Crippen molar-refractivity contribution in [1.29, 1.82) is 0 Å². The second-order valence-electron chi connectivity index (χ2n) is 4.54. The molecule has 0 saturated carbocycles. The minimum Gasteiger partial charge on any atom is -0.362 e. The number of benzene rings is 2. The number of nitrogens with one attached hydrogen (secondary N) is 1. The molecule has 0 aliphatic heterocycles. The Hall–Kier alpha value is -1.98. The fourth-order valence-electron chi connectivity index (χ4n) is 1.78. The van der Waals surface area contributed by atoms with Crippen LogP contribution in [0.15, 0.2) is 54.7 Å². The van der Waals surface area contributed by atoms with Crippen LogP contribution >= 0.6 is 23.2 Å². The summed E-state index contributed by atoms with van der Waals surface area (Å²) in [6, 6.07) is 9.08. The van der Waals surface area contributed by atoms with Gasteiger partial charge in [-0.15, -0.1) is 0 Å². The number of hydrogen-bond donors (Lipinski definition) is 1. The largest absolute Gasteiger partial charge is 0.416 e. The Morgan fingerprint density at radius 2 is 1.83 bits per heavy atom. The lowest BCUT2D eigenvalue weighted by atomic mass is 10.1. The molecule has 0 radical (unpaired) electrons. The minimum atomic E-state index is -4.42. The van der Waals surface area contributed by atoms with Gasteiger partial charge in [-0.25, -0.2) is 0 Å². The zero-order chi connectivity index (χ0) is 17.0. The zero-order valence-corrected chi connectivity index (χ0v) is 13.0. The number of hydrogen-bond acceptors (Lipinski definition) is 2. The summed E-state index contributed by atoms with van der Waals surface area (Å²) in [6.07, 6.45) is -1.99. The standard InChI is InChI=1S/C16H10Cl2F3NO/c17-11-4-5-13(14(18)9-11)15(23)6-7-22-12-3-1-2-10(8-12)16(19,20)21/h1-9,22H/b7-6+. The molecule has 0 spiro atoms. The van der Waals surface area contributed by atoms with E-state index in [0.29, 0.717) is 5.02 Å². The van der Waals surface area contributed by atoms with Crippen molar-refractivity contribution in [3.05, 3.63) is 75.9 Å². The highest BCUT2D eigenvalue weighted by Crippen LogP contribution is 2.30. The number of ketones is 1. The van der Waals surface area contributed by atoms with Gasteiger partial charge in [-0.3, -0.25) is 4.79 Å². The van der Waals surface area contributed by atoms with Crippen LogP contribution in [0.25, 0.3) is 0 Å². The number of anilines is 1. The summed E-state index contributed by atoms with van der Waals surface area (Å²) >= 11 is 11.6. The summed E-state index contributed by atoms with van der Waals surface area (Å²) in [5, 5.41) is 3.22. The summed E-state index contributed by atoms with van der Waals surface area (Å²) in [4.78, 5) is 12.0. The van der Waals surface area contributed by atoms with Gasteiger partial charge in [0.25, 0.3) is 0 Å². The predicted octanol–water partition coefficient (Wildman–Crippen LogP) is 5.82. The number of rotatable bonds is 4. The van der Waals surface area contributed by atoms with Crippen molar-refractivity contribution >= 4 is 34.7 Å². The molecule has 0 unspecified atom stereocenters. The Kier molecular flexibility index (Phi) is 5.34. The molecule has 120 valence electrons. The summed E-state index contributed by atoms with van der Waals surface area (Å²) in [5.41, 5.74) is -0.313. The molecule has 0 aromatic heterocycles. The van der Waals surface area contributed by atoms with E-state index in [4.69, 9.17) is 23.2 Å². The molecule has 2 rings (SSSR count). The first kappa shape index (κ1) is 17.4. The van der Waals surface area contributed by atoms with Gasteiger partial charge in [-0.2, -0.15) is 13.2 Å². The molecule has 7 heteroatoms. The smallest absolute Gasteiger partial charge is 0.362 e. The van der Waals surface area contributed by atoms with Gasteiger partial charge in [0.15, 0.2) is 5.78 Å². The van der Waals surface area contributed by atoms with Gasteiger partial charge in [0.2, 0.25) is 0 Å². The molecule has 2 aromatic carbocycles. The van der Waals surface area contributed by atoms with Crippen LogP contribution in [0.2, 0.25) is 10.0 Å². The van der Waals surface area contributed by atoms with E-state index in [0.717, 1.165) is 12.1 Å². The SMILES string of the molecule is O=C(/C=C/Nc1cccc(C(F)(F)F)c1)c1ccc(Cl)cc1Cl. The molecule has 0 aliphatic rings. The van der Waals surface area contributed by atoms with E-state index in [1.54, 1.807) is 0 Å². The van der Waals surface area contributed by atoms with Crippen LogP contribution in [0, 0.1) is 0 Å². The topological polar surface area (TPSA) is 29.1 Å². The maximum Gasteiger partial charge on any atom is 0.416 e. The summed E-state index contributed by atoms with van der Waals surface area (Å²) in [6.45, 7) is 0. The Morgan fingerprint density at radius 1 is 1.09 bits per heavy atom. The highest BCUT2D eigenvalue weighted by molar-refractivity contribution is 6.37. The average molecular weight is 360 g/mol. The zero-order valence-electron chi connectivity index (χ0n) is 11.5. The summed E-state index contributed by atoms with van der Waals surface area (Å²) < 4.78 is 37.8.